The molecule has 0 amide bonds. The number of aromatic nitrogens is 3. The van der Waals surface area contributed by atoms with Crippen molar-refractivity contribution in [2.75, 3.05) is 24.0 Å². The van der Waals surface area contributed by atoms with Gasteiger partial charge < -0.3 is 20.1 Å². The quantitative estimate of drug-likeness (QED) is 0.282. The van der Waals surface area contributed by atoms with Gasteiger partial charge in [0.1, 0.15) is 12.4 Å². The number of nitrogens with one attached hydrogen (secondary N) is 1. The fraction of sp³-hybridized carbons (Fsp3) is 0.222. The molecule has 0 radical (unpaired) electrons. The number of aryl methyl sites for hydroxylation is 1. The molecule has 180 valence electrons. The molecule has 0 saturated carbocycles. The summed E-state index contributed by atoms with van der Waals surface area (Å²) in [4.78, 5) is 23.9. The molecule has 0 spiro atoms. The van der Waals surface area contributed by atoms with Crippen LogP contribution in [0.3, 0.4) is 0 Å². The lowest BCUT2D eigenvalue weighted by Crippen LogP contribution is -2.33. The van der Waals surface area contributed by atoms with Gasteiger partial charge in [-0.2, -0.15) is 0 Å². The molecule has 8 heteroatoms. The van der Waals surface area contributed by atoms with Crippen molar-refractivity contribution in [3.63, 3.8) is 0 Å². The summed E-state index contributed by atoms with van der Waals surface area (Å²) in [6, 6.07) is 23.2. The van der Waals surface area contributed by atoms with E-state index in [1.807, 2.05) is 91.7 Å². The third kappa shape index (κ3) is 5.33. The van der Waals surface area contributed by atoms with Crippen molar-refractivity contribution in [2.45, 2.75) is 19.6 Å². The number of rotatable bonds is 9. The summed E-state index contributed by atoms with van der Waals surface area (Å²) in [5.41, 5.74) is 3.49. The van der Waals surface area contributed by atoms with Crippen molar-refractivity contribution in [3.8, 4) is 5.75 Å². The number of hydrogen-bond donors (Lipinski definition) is 2. The molecule has 0 aliphatic rings. The van der Waals surface area contributed by atoms with Crippen LogP contribution in [0.2, 0.25) is 0 Å². The largest absolute Gasteiger partial charge is 0.502 e. The standard InChI is InChI=1S/C27H29N5O3/c1-19-11-7-8-14-21(19)29-18-35-17-23-25(33)26(34)32(3)27(30-23)31(2)24(20-12-5-4-6-13-20)22-15-9-10-16-28-22/h4-16,24,29,33H,17-18H2,1-3H3. The van der Waals surface area contributed by atoms with E-state index in [4.69, 9.17) is 4.74 Å². The van der Waals surface area contributed by atoms with Gasteiger partial charge in [-0.3, -0.25) is 14.3 Å². The van der Waals surface area contributed by atoms with Gasteiger partial charge in [0.25, 0.3) is 5.56 Å². The van der Waals surface area contributed by atoms with Crippen LogP contribution in [0.15, 0.2) is 83.8 Å². The van der Waals surface area contributed by atoms with Crippen molar-refractivity contribution in [3.05, 3.63) is 112 Å². The molecular weight excluding hydrogens is 442 g/mol. The zero-order valence-corrected chi connectivity index (χ0v) is 20.0. The van der Waals surface area contributed by atoms with Crippen LogP contribution in [0.5, 0.6) is 5.75 Å². The minimum absolute atomic E-state index is 0.0266. The molecule has 2 N–H and O–H groups in total. The molecule has 8 nitrogen and oxygen atoms in total. The van der Waals surface area contributed by atoms with Crippen LogP contribution in [0.1, 0.15) is 28.6 Å². The number of anilines is 2. The van der Waals surface area contributed by atoms with E-state index < -0.39 is 11.3 Å². The van der Waals surface area contributed by atoms with Gasteiger partial charge in [0.2, 0.25) is 11.7 Å². The highest BCUT2D eigenvalue weighted by Crippen LogP contribution is 2.30. The van der Waals surface area contributed by atoms with Crippen LogP contribution < -0.4 is 15.8 Å². The van der Waals surface area contributed by atoms with E-state index in [2.05, 4.69) is 15.3 Å². The average molecular weight is 472 g/mol. The Bertz CT molecular complexity index is 1290. The van der Waals surface area contributed by atoms with Gasteiger partial charge in [-0.15, -0.1) is 0 Å². The fourth-order valence-electron chi connectivity index (χ4n) is 3.97. The van der Waals surface area contributed by atoms with Crippen LogP contribution in [0.25, 0.3) is 0 Å². The number of aromatic hydroxyl groups is 1. The molecule has 2 heterocycles. The highest BCUT2D eigenvalue weighted by atomic mass is 16.5. The number of hydrogen-bond acceptors (Lipinski definition) is 7. The van der Waals surface area contributed by atoms with Gasteiger partial charge >= 0.3 is 0 Å². The Morgan fingerprint density at radius 3 is 2.49 bits per heavy atom. The topological polar surface area (TPSA) is 92.5 Å². The highest BCUT2D eigenvalue weighted by molar-refractivity contribution is 5.50. The number of nitrogens with zero attached hydrogens (tertiary/aromatic N) is 4. The van der Waals surface area contributed by atoms with E-state index in [0.29, 0.717) is 5.95 Å². The molecule has 4 aromatic rings. The van der Waals surface area contributed by atoms with Crippen molar-refractivity contribution in [1.29, 1.82) is 0 Å². The normalized spacial score (nSPS) is 11.7. The third-order valence-electron chi connectivity index (χ3n) is 5.85. The summed E-state index contributed by atoms with van der Waals surface area (Å²) in [5, 5.41) is 13.7. The maximum atomic E-state index is 12.9. The number of ether oxygens (including phenoxy) is 1. The number of benzene rings is 2. The predicted octanol–water partition coefficient (Wildman–Crippen LogP) is 4.00. The molecule has 0 aliphatic heterocycles. The average Bonchev–Trinajstić information content (AvgIpc) is 2.88. The first-order chi connectivity index (χ1) is 17.0. The van der Waals surface area contributed by atoms with Gasteiger partial charge in [0.15, 0.2) is 0 Å². The zero-order valence-electron chi connectivity index (χ0n) is 20.0. The van der Waals surface area contributed by atoms with E-state index in [-0.39, 0.29) is 25.1 Å². The summed E-state index contributed by atoms with van der Waals surface area (Å²) in [7, 11) is 3.45. The second-order valence-corrected chi connectivity index (χ2v) is 8.23. The van der Waals surface area contributed by atoms with Crippen LogP contribution in [0, 0.1) is 6.92 Å². The van der Waals surface area contributed by atoms with Gasteiger partial charge in [0, 0.05) is 26.0 Å². The van der Waals surface area contributed by atoms with Crippen molar-refractivity contribution in [2.24, 2.45) is 7.05 Å². The lowest BCUT2D eigenvalue weighted by atomic mass is 10.0. The van der Waals surface area contributed by atoms with E-state index in [1.54, 1.807) is 13.2 Å². The molecule has 35 heavy (non-hydrogen) atoms. The van der Waals surface area contributed by atoms with E-state index in [0.717, 1.165) is 22.5 Å². The summed E-state index contributed by atoms with van der Waals surface area (Å²) in [6.45, 7) is 2.18. The third-order valence-corrected chi connectivity index (χ3v) is 5.85. The van der Waals surface area contributed by atoms with E-state index in [1.165, 1.54) is 4.57 Å². The number of pyridine rings is 1. The Kier molecular flexibility index (Phi) is 7.42. The first-order valence-corrected chi connectivity index (χ1v) is 11.3. The smallest absolute Gasteiger partial charge is 0.297 e. The monoisotopic (exact) mass is 471 g/mol. The first-order valence-electron chi connectivity index (χ1n) is 11.3. The molecule has 4 rings (SSSR count). The molecule has 1 unspecified atom stereocenters. The minimum Gasteiger partial charge on any atom is -0.502 e. The van der Waals surface area contributed by atoms with Gasteiger partial charge in [-0.05, 0) is 36.2 Å². The first kappa shape index (κ1) is 24.0. The molecule has 0 fully saturated rings. The lowest BCUT2D eigenvalue weighted by Gasteiger charge is -2.30. The Morgan fingerprint density at radius 2 is 1.77 bits per heavy atom. The van der Waals surface area contributed by atoms with Crippen molar-refractivity contribution < 1.29 is 9.84 Å². The van der Waals surface area contributed by atoms with Crippen LogP contribution in [-0.4, -0.2) is 33.4 Å². The molecule has 2 aromatic heterocycles. The van der Waals surface area contributed by atoms with Crippen LogP contribution in [-0.2, 0) is 18.4 Å². The fourth-order valence-corrected chi connectivity index (χ4v) is 3.97. The second kappa shape index (κ2) is 10.8. The zero-order chi connectivity index (χ0) is 24.8. The van der Waals surface area contributed by atoms with Crippen molar-refractivity contribution in [1.82, 2.24) is 14.5 Å². The molecule has 1 atom stereocenters. The summed E-state index contributed by atoms with van der Waals surface area (Å²) in [6.07, 6.45) is 1.74. The summed E-state index contributed by atoms with van der Waals surface area (Å²) in [5.74, 6) is -0.0348. The Morgan fingerprint density at radius 1 is 1.06 bits per heavy atom. The van der Waals surface area contributed by atoms with Gasteiger partial charge in [-0.25, -0.2) is 4.98 Å². The van der Waals surface area contributed by atoms with Crippen LogP contribution >= 0.6 is 0 Å². The Hall–Kier alpha value is -4.17. The van der Waals surface area contributed by atoms with E-state index >= 15 is 0 Å². The summed E-state index contributed by atoms with van der Waals surface area (Å²) < 4.78 is 7.04. The van der Waals surface area contributed by atoms with E-state index in [9.17, 15) is 9.90 Å². The minimum atomic E-state index is -0.542. The lowest BCUT2D eigenvalue weighted by molar-refractivity contribution is 0.133. The molecular formula is C27H29N5O3. The van der Waals surface area contributed by atoms with Gasteiger partial charge in [-0.1, -0.05) is 54.6 Å². The Labute approximate surface area is 204 Å². The predicted molar refractivity (Wildman–Crippen MR) is 137 cm³/mol. The SMILES string of the molecule is Cc1ccccc1NCOCc1nc(N(C)C(c2ccccc2)c2ccccn2)n(C)c(=O)c1O. The molecule has 2 aromatic carbocycles. The summed E-state index contributed by atoms with van der Waals surface area (Å²) >= 11 is 0. The maximum absolute atomic E-state index is 12.9. The maximum Gasteiger partial charge on any atom is 0.297 e. The Balaban J connectivity index is 1.61. The highest BCUT2D eigenvalue weighted by Gasteiger charge is 2.25. The molecule has 0 aliphatic carbocycles. The second-order valence-electron chi connectivity index (χ2n) is 8.23. The molecule has 0 saturated heterocycles. The van der Waals surface area contributed by atoms with Crippen molar-refractivity contribution >= 4 is 11.6 Å². The van der Waals surface area contributed by atoms with Crippen LogP contribution in [0.4, 0.5) is 11.6 Å². The molecule has 0 bridgehead atoms. The number of para-hydroxylation sites is 1. The van der Waals surface area contributed by atoms with Gasteiger partial charge in [0.05, 0.1) is 18.3 Å².